The molecule has 1 aromatic rings. The molecule has 0 spiro atoms. The molecule has 0 atom stereocenters. The maximum Gasteiger partial charge on any atom is 0.257 e. The Labute approximate surface area is 137 Å². The van der Waals surface area contributed by atoms with Crippen molar-refractivity contribution in [2.45, 2.75) is 12.8 Å². The highest BCUT2D eigenvalue weighted by Crippen LogP contribution is 2.21. The zero-order valence-corrected chi connectivity index (χ0v) is 13.9. The topological polar surface area (TPSA) is 65.8 Å². The summed E-state index contributed by atoms with van der Waals surface area (Å²) in [6.45, 7) is 2.75. The highest BCUT2D eigenvalue weighted by Gasteiger charge is 2.29. The molecule has 0 radical (unpaired) electrons. The molecule has 0 aliphatic carbocycles. The summed E-state index contributed by atoms with van der Waals surface area (Å²) in [5, 5.41) is 3.04. The second kappa shape index (κ2) is 8.80. The minimum Gasteiger partial charge on any atom is -0.472 e. The Bertz CT molecular complexity index is 470. The molecular formula is C15H24ClN3O3. The van der Waals surface area contributed by atoms with Crippen LogP contribution in [0.3, 0.4) is 0 Å². The van der Waals surface area contributed by atoms with Gasteiger partial charge in [0.15, 0.2) is 0 Å². The molecule has 0 bridgehead atoms. The largest absolute Gasteiger partial charge is 0.472 e. The van der Waals surface area contributed by atoms with Crippen molar-refractivity contribution in [3.05, 3.63) is 24.2 Å². The molecule has 1 aliphatic heterocycles. The first kappa shape index (κ1) is 18.5. The molecule has 1 saturated heterocycles. The molecule has 2 amide bonds. The van der Waals surface area contributed by atoms with E-state index in [1.807, 2.05) is 14.1 Å². The molecule has 7 heteroatoms. The third kappa shape index (κ3) is 4.48. The molecule has 0 aromatic carbocycles. The Balaban J connectivity index is 0.00000242. The van der Waals surface area contributed by atoms with Crippen LogP contribution in [0.25, 0.3) is 0 Å². The van der Waals surface area contributed by atoms with Gasteiger partial charge in [0.1, 0.15) is 6.26 Å². The number of carbonyl (C=O) groups is 2. The first-order valence-electron chi connectivity index (χ1n) is 7.34. The summed E-state index contributed by atoms with van der Waals surface area (Å²) in [7, 11) is 3.71. The maximum absolute atomic E-state index is 12.3. The van der Waals surface area contributed by atoms with Crippen molar-refractivity contribution in [1.82, 2.24) is 15.1 Å². The van der Waals surface area contributed by atoms with E-state index in [1.54, 1.807) is 15.9 Å². The fourth-order valence-electron chi connectivity index (χ4n) is 2.60. The quantitative estimate of drug-likeness (QED) is 0.882. The maximum atomic E-state index is 12.3. The van der Waals surface area contributed by atoms with Crippen LogP contribution in [0.1, 0.15) is 23.2 Å². The van der Waals surface area contributed by atoms with E-state index in [-0.39, 0.29) is 30.1 Å². The SMILES string of the molecule is CNCCN(C)C(=O)C1CCN(C(=O)c2ccoc2)CC1.Cl. The first-order valence-corrected chi connectivity index (χ1v) is 7.34. The molecule has 6 nitrogen and oxygen atoms in total. The molecule has 1 fully saturated rings. The zero-order valence-electron chi connectivity index (χ0n) is 13.1. The van der Waals surface area contributed by atoms with Gasteiger partial charge in [-0.15, -0.1) is 12.4 Å². The minimum atomic E-state index is -0.0156. The van der Waals surface area contributed by atoms with E-state index in [4.69, 9.17) is 4.42 Å². The van der Waals surface area contributed by atoms with Gasteiger partial charge in [-0.05, 0) is 26.0 Å². The van der Waals surface area contributed by atoms with Crippen LogP contribution >= 0.6 is 12.4 Å². The number of halogens is 1. The molecule has 2 heterocycles. The summed E-state index contributed by atoms with van der Waals surface area (Å²) in [5.41, 5.74) is 0.575. The van der Waals surface area contributed by atoms with Crippen LogP contribution in [0.4, 0.5) is 0 Å². The number of nitrogens with one attached hydrogen (secondary N) is 1. The summed E-state index contributed by atoms with van der Waals surface area (Å²) in [4.78, 5) is 28.0. The van der Waals surface area contributed by atoms with Crippen LogP contribution in [0.2, 0.25) is 0 Å². The molecular weight excluding hydrogens is 306 g/mol. The number of likely N-dealkylation sites (tertiary alicyclic amines) is 1. The van der Waals surface area contributed by atoms with Crippen molar-refractivity contribution >= 4 is 24.2 Å². The Kier molecular flexibility index (Phi) is 7.41. The molecule has 22 heavy (non-hydrogen) atoms. The van der Waals surface area contributed by atoms with Gasteiger partial charge in [0.25, 0.3) is 5.91 Å². The van der Waals surface area contributed by atoms with Crippen molar-refractivity contribution < 1.29 is 14.0 Å². The van der Waals surface area contributed by atoms with Crippen LogP contribution in [-0.2, 0) is 4.79 Å². The van der Waals surface area contributed by atoms with Crippen LogP contribution in [-0.4, -0.2) is 61.9 Å². The summed E-state index contributed by atoms with van der Waals surface area (Å²) in [5.74, 6) is 0.194. The molecule has 0 unspecified atom stereocenters. The minimum absolute atomic E-state index is 0. The van der Waals surface area contributed by atoms with Crippen molar-refractivity contribution in [2.24, 2.45) is 5.92 Å². The summed E-state index contributed by atoms with van der Waals surface area (Å²) >= 11 is 0. The fraction of sp³-hybridized carbons (Fsp3) is 0.600. The second-order valence-corrected chi connectivity index (χ2v) is 5.44. The Morgan fingerprint density at radius 1 is 1.41 bits per heavy atom. The number of hydrogen-bond donors (Lipinski definition) is 1. The van der Waals surface area contributed by atoms with Gasteiger partial charge in [-0.2, -0.15) is 0 Å². The average molecular weight is 330 g/mol. The van der Waals surface area contributed by atoms with Crippen molar-refractivity contribution in [3.63, 3.8) is 0 Å². The highest BCUT2D eigenvalue weighted by atomic mass is 35.5. The number of hydrogen-bond acceptors (Lipinski definition) is 4. The van der Waals surface area contributed by atoms with E-state index in [0.29, 0.717) is 25.2 Å². The van der Waals surface area contributed by atoms with Gasteiger partial charge >= 0.3 is 0 Å². The van der Waals surface area contributed by atoms with E-state index >= 15 is 0 Å². The van der Waals surface area contributed by atoms with Crippen LogP contribution in [0, 0.1) is 5.92 Å². The molecule has 1 aliphatic rings. The van der Waals surface area contributed by atoms with E-state index in [1.165, 1.54) is 12.5 Å². The summed E-state index contributed by atoms with van der Waals surface area (Å²) in [6, 6.07) is 1.67. The predicted octanol–water partition coefficient (Wildman–Crippen LogP) is 1.23. The number of nitrogens with zero attached hydrogens (tertiary/aromatic N) is 2. The number of furan rings is 1. The van der Waals surface area contributed by atoms with E-state index < -0.39 is 0 Å². The summed E-state index contributed by atoms with van der Waals surface area (Å²) < 4.78 is 4.94. The lowest BCUT2D eigenvalue weighted by molar-refractivity contribution is -0.135. The lowest BCUT2D eigenvalue weighted by Gasteiger charge is -2.33. The number of rotatable bonds is 5. The van der Waals surface area contributed by atoms with Crippen molar-refractivity contribution in [1.29, 1.82) is 0 Å². The second-order valence-electron chi connectivity index (χ2n) is 5.44. The molecule has 1 N–H and O–H groups in total. The van der Waals surface area contributed by atoms with Gasteiger partial charge in [-0.3, -0.25) is 9.59 Å². The average Bonchev–Trinajstić information content (AvgIpc) is 3.05. The first-order chi connectivity index (χ1) is 10.1. The zero-order chi connectivity index (χ0) is 15.2. The Hall–Kier alpha value is -1.53. The number of piperidine rings is 1. The van der Waals surface area contributed by atoms with Gasteiger partial charge in [0, 0.05) is 39.1 Å². The third-order valence-electron chi connectivity index (χ3n) is 3.97. The monoisotopic (exact) mass is 329 g/mol. The lowest BCUT2D eigenvalue weighted by atomic mass is 9.95. The summed E-state index contributed by atoms with van der Waals surface area (Å²) in [6.07, 6.45) is 4.42. The van der Waals surface area contributed by atoms with Crippen molar-refractivity contribution in [3.8, 4) is 0 Å². The highest BCUT2D eigenvalue weighted by molar-refractivity contribution is 5.94. The van der Waals surface area contributed by atoms with Crippen LogP contribution in [0.5, 0.6) is 0 Å². The molecule has 124 valence electrons. The van der Waals surface area contributed by atoms with Gasteiger partial charge in [0.05, 0.1) is 11.8 Å². The van der Waals surface area contributed by atoms with E-state index in [2.05, 4.69) is 5.32 Å². The molecule has 0 saturated carbocycles. The smallest absolute Gasteiger partial charge is 0.257 e. The van der Waals surface area contributed by atoms with Gasteiger partial charge < -0.3 is 19.5 Å². The van der Waals surface area contributed by atoms with Gasteiger partial charge in [-0.1, -0.05) is 0 Å². The standard InChI is InChI=1S/C15H23N3O3.ClH/c1-16-6-9-17(2)14(19)12-3-7-18(8-4-12)15(20)13-5-10-21-11-13;/h5,10-12,16H,3-4,6-9H2,1-2H3;1H. The van der Waals surface area contributed by atoms with Crippen LogP contribution in [0.15, 0.2) is 23.0 Å². The number of carbonyl (C=O) groups excluding carboxylic acids is 2. The fourth-order valence-corrected chi connectivity index (χ4v) is 2.60. The molecule has 2 rings (SSSR count). The predicted molar refractivity (Wildman–Crippen MR) is 86.1 cm³/mol. The number of likely N-dealkylation sites (N-methyl/N-ethyl adjacent to an activating group) is 2. The third-order valence-corrected chi connectivity index (χ3v) is 3.97. The van der Waals surface area contributed by atoms with Crippen LogP contribution < -0.4 is 5.32 Å². The normalized spacial score (nSPS) is 15.3. The Morgan fingerprint density at radius 2 is 2.09 bits per heavy atom. The van der Waals surface area contributed by atoms with Gasteiger partial charge in [0.2, 0.25) is 5.91 Å². The molecule has 1 aromatic heterocycles. The lowest BCUT2D eigenvalue weighted by Crippen LogP contribution is -2.44. The van der Waals surface area contributed by atoms with Crippen molar-refractivity contribution in [2.75, 3.05) is 40.3 Å². The number of amides is 2. The van der Waals surface area contributed by atoms with E-state index in [0.717, 1.165) is 19.4 Å². The Morgan fingerprint density at radius 3 is 2.64 bits per heavy atom. The van der Waals surface area contributed by atoms with E-state index in [9.17, 15) is 9.59 Å². The van der Waals surface area contributed by atoms with Gasteiger partial charge in [-0.25, -0.2) is 0 Å².